The van der Waals surface area contributed by atoms with Crippen LogP contribution in [0.15, 0.2) is 24.3 Å². The van der Waals surface area contributed by atoms with Gasteiger partial charge in [-0.3, -0.25) is 15.0 Å². The summed E-state index contributed by atoms with van der Waals surface area (Å²) in [4.78, 5) is 23.3. The van der Waals surface area contributed by atoms with E-state index < -0.39 is 0 Å². The molecule has 1 aliphatic carbocycles. The van der Waals surface area contributed by atoms with Gasteiger partial charge in [-0.15, -0.1) is 0 Å². The molecule has 1 saturated carbocycles. The molecule has 0 spiro atoms. The van der Waals surface area contributed by atoms with E-state index >= 15 is 0 Å². The lowest BCUT2D eigenvalue weighted by Gasteiger charge is -2.10. The Bertz CT molecular complexity index is 522. The monoisotopic (exact) mass is 273 g/mol. The molecule has 3 N–H and O–H groups in total. The standard InChI is InChI=1S/C15H19N3O2/c1-9(19)10-4-6-12(7-5-10)16-15(20)14-8-13(17-18-14)11-2-3-11/h4-7,11,13-14,17-18H,2-3,8H2,1H3,(H,16,20). The van der Waals surface area contributed by atoms with Gasteiger partial charge in [-0.25, -0.2) is 5.43 Å². The van der Waals surface area contributed by atoms with E-state index in [2.05, 4.69) is 16.2 Å². The van der Waals surface area contributed by atoms with Gasteiger partial charge < -0.3 is 5.32 Å². The summed E-state index contributed by atoms with van der Waals surface area (Å²) in [6.07, 6.45) is 3.36. The van der Waals surface area contributed by atoms with E-state index in [1.165, 1.54) is 19.8 Å². The van der Waals surface area contributed by atoms with Crippen LogP contribution in [-0.2, 0) is 4.79 Å². The van der Waals surface area contributed by atoms with Gasteiger partial charge in [0, 0.05) is 17.3 Å². The van der Waals surface area contributed by atoms with Crippen molar-refractivity contribution in [1.82, 2.24) is 10.9 Å². The second-order valence-corrected chi connectivity index (χ2v) is 5.64. The third kappa shape index (κ3) is 2.89. The SMILES string of the molecule is CC(=O)c1ccc(NC(=O)C2CC(C3CC3)NN2)cc1. The first-order valence-corrected chi connectivity index (χ1v) is 7.06. The summed E-state index contributed by atoms with van der Waals surface area (Å²) in [5.41, 5.74) is 7.63. The maximum Gasteiger partial charge on any atom is 0.242 e. The maximum absolute atomic E-state index is 12.1. The number of nitrogens with one attached hydrogen (secondary N) is 3. The van der Waals surface area contributed by atoms with Gasteiger partial charge >= 0.3 is 0 Å². The summed E-state index contributed by atoms with van der Waals surface area (Å²) >= 11 is 0. The zero-order chi connectivity index (χ0) is 14.1. The quantitative estimate of drug-likeness (QED) is 0.727. The van der Waals surface area contributed by atoms with Gasteiger partial charge in [0.05, 0.1) is 0 Å². The molecule has 1 saturated heterocycles. The molecule has 1 heterocycles. The van der Waals surface area contributed by atoms with E-state index in [1.807, 2.05) is 0 Å². The Morgan fingerprint density at radius 1 is 1.15 bits per heavy atom. The van der Waals surface area contributed by atoms with Crippen molar-refractivity contribution < 1.29 is 9.59 Å². The third-order valence-electron chi connectivity index (χ3n) is 4.00. The Morgan fingerprint density at radius 2 is 1.85 bits per heavy atom. The van der Waals surface area contributed by atoms with Crippen molar-refractivity contribution in [3.05, 3.63) is 29.8 Å². The molecule has 3 rings (SSSR count). The van der Waals surface area contributed by atoms with Crippen molar-refractivity contribution in [2.24, 2.45) is 5.92 Å². The number of hydrogen-bond acceptors (Lipinski definition) is 4. The van der Waals surface area contributed by atoms with E-state index in [4.69, 9.17) is 0 Å². The molecule has 2 aliphatic rings. The van der Waals surface area contributed by atoms with Crippen LogP contribution in [-0.4, -0.2) is 23.8 Å². The molecular formula is C15H19N3O2. The third-order valence-corrected chi connectivity index (χ3v) is 4.00. The molecule has 5 nitrogen and oxygen atoms in total. The van der Waals surface area contributed by atoms with E-state index in [0.717, 1.165) is 18.0 Å². The minimum atomic E-state index is -0.187. The number of hydrazine groups is 1. The topological polar surface area (TPSA) is 70.2 Å². The predicted octanol–water partition coefficient (Wildman–Crippen LogP) is 1.47. The van der Waals surface area contributed by atoms with Crippen LogP contribution in [0, 0.1) is 5.92 Å². The van der Waals surface area contributed by atoms with Gasteiger partial charge in [0.1, 0.15) is 6.04 Å². The Morgan fingerprint density at radius 3 is 2.45 bits per heavy atom. The Labute approximate surface area is 118 Å². The van der Waals surface area contributed by atoms with E-state index in [9.17, 15) is 9.59 Å². The van der Waals surface area contributed by atoms with Gasteiger partial charge in [-0.05, 0) is 56.4 Å². The van der Waals surface area contributed by atoms with Gasteiger partial charge in [0.25, 0.3) is 0 Å². The molecular weight excluding hydrogens is 254 g/mol. The van der Waals surface area contributed by atoms with Crippen molar-refractivity contribution in [3.8, 4) is 0 Å². The van der Waals surface area contributed by atoms with Gasteiger partial charge in [-0.1, -0.05) is 0 Å². The Hall–Kier alpha value is -1.72. The minimum Gasteiger partial charge on any atom is -0.325 e. The van der Waals surface area contributed by atoms with Gasteiger partial charge in [0.15, 0.2) is 5.78 Å². The molecule has 1 aromatic rings. The zero-order valence-electron chi connectivity index (χ0n) is 11.5. The first-order chi connectivity index (χ1) is 9.63. The number of hydrogen-bond donors (Lipinski definition) is 3. The summed E-state index contributed by atoms with van der Waals surface area (Å²) in [6, 6.07) is 7.21. The first-order valence-electron chi connectivity index (χ1n) is 7.06. The number of anilines is 1. The highest BCUT2D eigenvalue weighted by Crippen LogP contribution is 2.35. The second kappa shape index (κ2) is 5.34. The number of carbonyl (C=O) groups is 2. The highest BCUT2D eigenvalue weighted by Gasteiger charge is 2.38. The maximum atomic E-state index is 12.1. The lowest BCUT2D eigenvalue weighted by Crippen LogP contribution is -2.40. The number of carbonyl (C=O) groups excluding carboxylic acids is 2. The van der Waals surface area contributed by atoms with E-state index in [-0.39, 0.29) is 17.7 Å². The number of amides is 1. The van der Waals surface area contributed by atoms with Crippen molar-refractivity contribution in [2.45, 2.75) is 38.3 Å². The van der Waals surface area contributed by atoms with Gasteiger partial charge in [0.2, 0.25) is 5.91 Å². The highest BCUT2D eigenvalue weighted by atomic mass is 16.2. The first kappa shape index (κ1) is 13.3. The van der Waals surface area contributed by atoms with Crippen molar-refractivity contribution in [1.29, 1.82) is 0 Å². The normalized spacial score (nSPS) is 25.4. The molecule has 0 radical (unpaired) electrons. The van der Waals surface area contributed by atoms with Crippen LogP contribution < -0.4 is 16.2 Å². The minimum absolute atomic E-state index is 0.0248. The number of rotatable bonds is 4. The van der Waals surface area contributed by atoms with Crippen LogP contribution in [0.4, 0.5) is 5.69 Å². The van der Waals surface area contributed by atoms with Crippen LogP contribution in [0.2, 0.25) is 0 Å². The predicted molar refractivity (Wildman–Crippen MR) is 76.3 cm³/mol. The van der Waals surface area contributed by atoms with Crippen LogP contribution in [0.25, 0.3) is 0 Å². The summed E-state index contributed by atoms with van der Waals surface area (Å²) in [5.74, 6) is 0.725. The fourth-order valence-corrected chi connectivity index (χ4v) is 2.58. The van der Waals surface area contributed by atoms with Crippen molar-refractivity contribution >= 4 is 17.4 Å². The fraction of sp³-hybridized carbons (Fsp3) is 0.467. The molecule has 2 fully saturated rings. The summed E-state index contributed by atoms with van der Waals surface area (Å²) in [7, 11) is 0. The van der Waals surface area contributed by atoms with Gasteiger partial charge in [-0.2, -0.15) is 0 Å². The average molecular weight is 273 g/mol. The van der Waals surface area contributed by atoms with Crippen LogP contribution >= 0.6 is 0 Å². The zero-order valence-corrected chi connectivity index (χ0v) is 11.5. The molecule has 0 bridgehead atoms. The average Bonchev–Trinajstić information content (AvgIpc) is 3.17. The van der Waals surface area contributed by atoms with Crippen LogP contribution in [0.3, 0.4) is 0 Å². The van der Waals surface area contributed by atoms with Crippen LogP contribution in [0.5, 0.6) is 0 Å². The molecule has 5 heteroatoms. The smallest absolute Gasteiger partial charge is 0.242 e. The van der Waals surface area contributed by atoms with E-state index in [1.54, 1.807) is 24.3 Å². The van der Waals surface area contributed by atoms with Crippen LogP contribution in [0.1, 0.15) is 36.5 Å². The van der Waals surface area contributed by atoms with Crippen molar-refractivity contribution in [3.63, 3.8) is 0 Å². The molecule has 20 heavy (non-hydrogen) atoms. The summed E-state index contributed by atoms with van der Waals surface area (Å²) < 4.78 is 0. The second-order valence-electron chi connectivity index (χ2n) is 5.64. The number of Topliss-reactive ketones (excluding diaryl/α,β-unsaturated/α-hetero) is 1. The molecule has 1 aliphatic heterocycles. The molecule has 2 unspecified atom stereocenters. The molecule has 1 amide bonds. The highest BCUT2D eigenvalue weighted by molar-refractivity contribution is 5.97. The molecule has 106 valence electrons. The number of ketones is 1. The fourth-order valence-electron chi connectivity index (χ4n) is 2.58. The summed E-state index contributed by atoms with van der Waals surface area (Å²) in [6.45, 7) is 1.53. The molecule has 0 aromatic heterocycles. The van der Waals surface area contributed by atoms with Crippen molar-refractivity contribution in [2.75, 3.05) is 5.32 Å². The lowest BCUT2D eigenvalue weighted by atomic mass is 10.1. The Balaban J connectivity index is 1.57. The molecule has 1 aromatic carbocycles. The van der Waals surface area contributed by atoms with E-state index in [0.29, 0.717) is 11.6 Å². The summed E-state index contributed by atoms with van der Waals surface area (Å²) in [5, 5.41) is 2.88. The molecule has 2 atom stereocenters. The lowest BCUT2D eigenvalue weighted by molar-refractivity contribution is -0.117. The Kier molecular flexibility index (Phi) is 3.54. The largest absolute Gasteiger partial charge is 0.325 e. The number of benzene rings is 1.